The van der Waals surface area contributed by atoms with E-state index in [4.69, 9.17) is 4.74 Å². The monoisotopic (exact) mass is 465 g/mol. The van der Waals surface area contributed by atoms with Gasteiger partial charge in [0.25, 0.3) is 5.91 Å². The van der Waals surface area contributed by atoms with Gasteiger partial charge >= 0.3 is 0 Å². The van der Waals surface area contributed by atoms with Gasteiger partial charge in [-0.3, -0.25) is 4.79 Å². The average molecular weight is 466 g/mol. The Kier molecular flexibility index (Phi) is 6.04. The summed E-state index contributed by atoms with van der Waals surface area (Å²) in [6.45, 7) is 7.34. The fraction of sp³-hybridized carbons (Fsp3) is 0.250. The summed E-state index contributed by atoms with van der Waals surface area (Å²) >= 11 is 3.42. The van der Waals surface area contributed by atoms with Crippen LogP contribution in [0.15, 0.2) is 65.3 Å². The summed E-state index contributed by atoms with van der Waals surface area (Å²) in [5.74, 6) is 1.17. The van der Waals surface area contributed by atoms with Crippen LogP contribution < -0.4 is 9.64 Å². The topological polar surface area (TPSA) is 45.7 Å². The number of piperazine rings is 1. The first-order chi connectivity index (χ1) is 14.5. The maximum Gasteiger partial charge on any atom is 0.255 e. The standard InChI is InChI=1S/C24H24BrN3O2/c1-17-5-3-8-22(18(17)2)27-11-13-28(14-12-27)24(29)19-9-10-23(26-16-19)30-21-7-4-6-20(25)15-21/h3-10,15-16H,11-14H2,1-2H3. The molecule has 1 aliphatic heterocycles. The maximum absolute atomic E-state index is 12.9. The van der Waals surface area contributed by atoms with Gasteiger partial charge in [-0.2, -0.15) is 0 Å². The molecule has 5 nitrogen and oxygen atoms in total. The number of benzene rings is 2. The first kappa shape index (κ1) is 20.4. The zero-order valence-electron chi connectivity index (χ0n) is 17.1. The Morgan fingerprint density at radius 3 is 2.47 bits per heavy atom. The van der Waals surface area contributed by atoms with Gasteiger partial charge in [0.15, 0.2) is 0 Å². The van der Waals surface area contributed by atoms with Gasteiger partial charge in [0.05, 0.1) is 5.56 Å². The Hall–Kier alpha value is -2.86. The third-order valence-electron chi connectivity index (χ3n) is 5.49. The number of hydrogen-bond acceptors (Lipinski definition) is 4. The van der Waals surface area contributed by atoms with Gasteiger partial charge in [-0.25, -0.2) is 4.98 Å². The van der Waals surface area contributed by atoms with E-state index in [1.54, 1.807) is 18.3 Å². The Bertz CT molecular complexity index is 1040. The highest BCUT2D eigenvalue weighted by molar-refractivity contribution is 9.10. The Balaban J connectivity index is 1.37. The number of carbonyl (C=O) groups is 1. The lowest BCUT2D eigenvalue weighted by atomic mass is 10.1. The normalized spacial score (nSPS) is 14.0. The second-order valence-electron chi connectivity index (χ2n) is 7.44. The van der Waals surface area contributed by atoms with Crippen molar-refractivity contribution in [2.75, 3.05) is 31.1 Å². The number of ether oxygens (including phenoxy) is 1. The molecule has 1 saturated heterocycles. The summed E-state index contributed by atoms with van der Waals surface area (Å²) < 4.78 is 6.69. The van der Waals surface area contributed by atoms with Gasteiger partial charge in [0.1, 0.15) is 5.75 Å². The van der Waals surface area contributed by atoms with Gasteiger partial charge in [0, 0.05) is 48.6 Å². The van der Waals surface area contributed by atoms with E-state index in [1.165, 1.54) is 16.8 Å². The molecule has 0 aliphatic carbocycles. The molecule has 2 heterocycles. The van der Waals surface area contributed by atoms with Crippen LogP contribution in [-0.4, -0.2) is 42.0 Å². The Morgan fingerprint density at radius 1 is 1.00 bits per heavy atom. The van der Waals surface area contributed by atoms with Crippen LogP contribution >= 0.6 is 15.9 Å². The lowest BCUT2D eigenvalue weighted by Crippen LogP contribution is -2.49. The number of halogens is 1. The van der Waals surface area contributed by atoms with E-state index >= 15 is 0 Å². The van der Waals surface area contributed by atoms with Crippen LogP contribution in [0.1, 0.15) is 21.5 Å². The van der Waals surface area contributed by atoms with E-state index in [2.05, 4.69) is 57.9 Å². The molecule has 1 aromatic heterocycles. The number of anilines is 1. The third-order valence-corrected chi connectivity index (χ3v) is 5.98. The molecular formula is C24H24BrN3O2. The van der Waals surface area contributed by atoms with Crippen molar-refractivity contribution >= 4 is 27.5 Å². The molecule has 30 heavy (non-hydrogen) atoms. The predicted octanol–water partition coefficient (Wildman–Crippen LogP) is 5.22. The van der Waals surface area contributed by atoms with Gasteiger partial charge in [-0.1, -0.05) is 34.1 Å². The smallest absolute Gasteiger partial charge is 0.255 e. The summed E-state index contributed by atoms with van der Waals surface area (Å²) in [5, 5.41) is 0. The predicted molar refractivity (Wildman–Crippen MR) is 122 cm³/mol. The van der Waals surface area contributed by atoms with E-state index in [1.807, 2.05) is 29.2 Å². The zero-order valence-corrected chi connectivity index (χ0v) is 18.7. The number of nitrogens with zero attached hydrogens (tertiary/aromatic N) is 3. The van der Waals surface area contributed by atoms with E-state index in [0.717, 1.165) is 17.6 Å². The fourth-order valence-corrected chi connectivity index (χ4v) is 4.01. The number of rotatable bonds is 4. The first-order valence-corrected chi connectivity index (χ1v) is 10.8. The number of carbonyl (C=O) groups excluding carboxylic acids is 1. The molecular weight excluding hydrogens is 442 g/mol. The number of aryl methyl sites for hydroxylation is 1. The van der Waals surface area contributed by atoms with Gasteiger partial charge < -0.3 is 14.5 Å². The third kappa shape index (κ3) is 4.49. The summed E-state index contributed by atoms with van der Waals surface area (Å²) in [4.78, 5) is 21.5. The van der Waals surface area contributed by atoms with E-state index in [9.17, 15) is 4.79 Å². The summed E-state index contributed by atoms with van der Waals surface area (Å²) in [6, 6.07) is 17.5. The minimum absolute atomic E-state index is 0.0112. The lowest BCUT2D eigenvalue weighted by molar-refractivity contribution is 0.0746. The maximum atomic E-state index is 12.9. The van der Waals surface area contributed by atoms with E-state index < -0.39 is 0 Å². The van der Waals surface area contributed by atoms with Crippen molar-refractivity contribution in [3.05, 3.63) is 82.0 Å². The van der Waals surface area contributed by atoms with E-state index in [-0.39, 0.29) is 5.91 Å². The number of pyridine rings is 1. The average Bonchev–Trinajstić information content (AvgIpc) is 2.76. The largest absolute Gasteiger partial charge is 0.439 e. The van der Waals surface area contributed by atoms with Crippen LogP contribution in [0.25, 0.3) is 0 Å². The molecule has 0 radical (unpaired) electrons. The Morgan fingerprint density at radius 2 is 1.77 bits per heavy atom. The van der Waals surface area contributed by atoms with Crippen LogP contribution in [0.3, 0.4) is 0 Å². The molecule has 0 spiro atoms. The molecule has 154 valence electrons. The molecule has 0 bridgehead atoms. The van der Waals surface area contributed by atoms with Crippen molar-refractivity contribution < 1.29 is 9.53 Å². The molecule has 3 aromatic rings. The molecule has 0 atom stereocenters. The van der Waals surface area contributed by atoms with Crippen LogP contribution in [0.4, 0.5) is 5.69 Å². The number of amides is 1. The van der Waals surface area contributed by atoms with Gasteiger partial charge in [-0.15, -0.1) is 0 Å². The van der Waals surface area contributed by atoms with Crippen molar-refractivity contribution in [1.82, 2.24) is 9.88 Å². The highest BCUT2D eigenvalue weighted by Crippen LogP contribution is 2.25. The zero-order chi connectivity index (χ0) is 21.1. The van der Waals surface area contributed by atoms with Crippen molar-refractivity contribution in [1.29, 1.82) is 0 Å². The highest BCUT2D eigenvalue weighted by atomic mass is 79.9. The summed E-state index contributed by atoms with van der Waals surface area (Å²) in [7, 11) is 0. The SMILES string of the molecule is Cc1cccc(N2CCN(C(=O)c3ccc(Oc4cccc(Br)c4)nc3)CC2)c1C. The highest BCUT2D eigenvalue weighted by Gasteiger charge is 2.23. The minimum atomic E-state index is 0.0112. The van der Waals surface area contributed by atoms with Crippen LogP contribution in [0.2, 0.25) is 0 Å². The van der Waals surface area contributed by atoms with Gasteiger partial charge in [-0.05, 0) is 55.3 Å². The van der Waals surface area contributed by atoms with Gasteiger partial charge in [0.2, 0.25) is 5.88 Å². The lowest BCUT2D eigenvalue weighted by Gasteiger charge is -2.37. The molecule has 0 unspecified atom stereocenters. The number of hydrogen-bond donors (Lipinski definition) is 0. The molecule has 1 aliphatic rings. The number of aromatic nitrogens is 1. The fourth-order valence-electron chi connectivity index (χ4n) is 3.63. The van der Waals surface area contributed by atoms with Crippen molar-refractivity contribution in [3.8, 4) is 11.6 Å². The second-order valence-corrected chi connectivity index (χ2v) is 8.36. The minimum Gasteiger partial charge on any atom is -0.439 e. The summed E-state index contributed by atoms with van der Waals surface area (Å²) in [6.07, 6.45) is 1.59. The van der Waals surface area contributed by atoms with Crippen LogP contribution in [0, 0.1) is 13.8 Å². The quantitative estimate of drug-likeness (QED) is 0.529. The first-order valence-electron chi connectivity index (χ1n) is 10.0. The van der Waals surface area contributed by atoms with Crippen molar-refractivity contribution in [2.45, 2.75) is 13.8 Å². The van der Waals surface area contributed by atoms with Crippen LogP contribution in [0.5, 0.6) is 11.6 Å². The molecule has 4 rings (SSSR count). The molecule has 1 fully saturated rings. The van der Waals surface area contributed by atoms with Crippen molar-refractivity contribution in [3.63, 3.8) is 0 Å². The molecule has 0 N–H and O–H groups in total. The molecule has 0 saturated carbocycles. The second kappa shape index (κ2) is 8.88. The summed E-state index contributed by atoms with van der Waals surface area (Å²) in [5.41, 5.74) is 4.44. The molecule has 2 aromatic carbocycles. The van der Waals surface area contributed by atoms with E-state index in [0.29, 0.717) is 30.3 Å². The Labute approximate surface area is 185 Å². The van der Waals surface area contributed by atoms with Crippen molar-refractivity contribution in [2.24, 2.45) is 0 Å². The molecule has 1 amide bonds. The molecule has 6 heteroatoms. The van der Waals surface area contributed by atoms with Crippen LogP contribution in [-0.2, 0) is 0 Å².